The van der Waals surface area contributed by atoms with E-state index in [0.717, 1.165) is 44.0 Å². The van der Waals surface area contributed by atoms with Crippen LogP contribution in [-0.4, -0.2) is 19.9 Å². The molecule has 0 saturated carbocycles. The Bertz CT molecular complexity index is 2960. The van der Waals surface area contributed by atoms with Crippen LogP contribution in [0.15, 0.2) is 182 Å². The molecule has 52 heavy (non-hydrogen) atoms. The van der Waals surface area contributed by atoms with Crippen LogP contribution in [0.2, 0.25) is 0 Å². The molecule has 0 N–H and O–H groups in total. The van der Waals surface area contributed by atoms with Crippen molar-refractivity contribution in [2.45, 2.75) is 0 Å². The summed E-state index contributed by atoms with van der Waals surface area (Å²) in [6.07, 6.45) is 3.86. The van der Waals surface area contributed by atoms with Crippen LogP contribution in [0.1, 0.15) is 0 Å². The SMILES string of the molecule is c1ccc(-c2ccc3cc(-c4nc(-c5ccccc5)nc(-c5ccccc5-c5cc6c7ccccc7ccc6c6cnccc56)n4)ccc3c2)cc1. The van der Waals surface area contributed by atoms with Crippen molar-refractivity contribution in [3.8, 4) is 56.4 Å². The molecule has 2 heterocycles. The third kappa shape index (κ3) is 5.17. The van der Waals surface area contributed by atoms with Gasteiger partial charge in [-0.15, -0.1) is 0 Å². The summed E-state index contributed by atoms with van der Waals surface area (Å²) in [7, 11) is 0. The first-order valence-electron chi connectivity index (χ1n) is 17.5. The van der Waals surface area contributed by atoms with Gasteiger partial charge in [0.2, 0.25) is 0 Å². The fraction of sp³-hybridized carbons (Fsp3) is 0. The lowest BCUT2D eigenvalue weighted by Crippen LogP contribution is -2.01. The highest BCUT2D eigenvalue weighted by atomic mass is 15.0. The van der Waals surface area contributed by atoms with E-state index in [1.54, 1.807) is 0 Å². The van der Waals surface area contributed by atoms with E-state index in [0.29, 0.717) is 17.5 Å². The molecule has 0 bridgehead atoms. The van der Waals surface area contributed by atoms with Crippen LogP contribution in [0.25, 0.3) is 99.5 Å². The molecule has 0 aliphatic rings. The van der Waals surface area contributed by atoms with E-state index in [1.165, 1.54) is 38.1 Å². The molecule has 0 amide bonds. The van der Waals surface area contributed by atoms with Gasteiger partial charge in [0.1, 0.15) is 0 Å². The second-order valence-electron chi connectivity index (χ2n) is 13.1. The van der Waals surface area contributed by atoms with Gasteiger partial charge in [-0.2, -0.15) is 0 Å². The van der Waals surface area contributed by atoms with Gasteiger partial charge in [0, 0.05) is 34.5 Å². The summed E-state index contributed by atoms with van der Waals surface area (Å²) in [5.74, 6) is 1.89. The Balaban J connectivity index is 1.18. The Labute approximate surface area is 300 Å². The molecule has 0 spiro atoms. The van der Waals surface area contributed by atoms with Crippen LogP contribution in [-0.2, 0) is 0 Å². The van der Waals surface area contributed by atoms with Crippen molar-refractivity contribution >= 4 is 43.1 Å². The minimum Gasteiger partial charge on any atom is -0.264 e. The average Bonchev–Trinajstić information content (AvgIpc) is 3.23. The fourth-order valence-corrected chi connectivity index (χ4v) is 7.42. The predicted molar refractivity (Wildman–Crippen MR) is 215 cm³/mol. The third-order valence-corrected chi connectivity index (χ3v) is 9.99. The maximum Gasteiger partial charge on any atom is 0.164 e. The maximum atomic E-state index is 5.22. The monoisotopic (exact) mass is 662 g/mol. The molecule has 4 nitrogen and oxygen atoms in total. The first-order chi connectivity index (χ1) is 25.8. The van der Waals surface area contributed by atoms with Gasteiger partial charge >= 0.3 is 0 Å². The minimum atomic E-state index is 0.624. The van der Waals surface area contributed by atoms with Crippen LogP contribution in [0, 0.1) is 0 Å². The summed E-state index contributed by atoms with van der Waals surface area (Å²) in [5.41, 5.74) is 7.37. The van der Waals surface area contributed by atoms with E-state index in [2.05, 4.69) is 151 Å². The summed E-state index contributed by atoms with van der Waals surface area (Å²) in [5, 5.41) is 9.34. The van der Waals surface area contributed by atoms with Crippen molar-refractivity contribution < 1.29 is 0 Å². The highest BCUT2D eigenvalue weighted by Gasteiger charge is 2.18. The molecular formula is C48H30N4. The molecule has 4 heteroatoms. The first-order valence-corrected chi connectivity index (χ1v) is 17.5. The van der Waals surface area contributed by atoms with Gasteiger partial charge in [0.15, 0.2) is 17.5 Å². The number of aromatic nitrogens is 4. The second-order valence-corrected chi connectivity index (χ2v) is 13.1. The van der Waals surface area contributed by atoms with E-state index in [4.69, 9.17) is 15.0 Å². The lowest BCUT2D eigenvalue weighted by atomic mass is 9.90. The summed E-state index contributed by atoms with van der Waals surface area (Å²) in [6, 6.07) is 59.6. The minimum absolute atomic E-state index is 0.624. The number of fused-ring (bicyclic) bond motifs is 6. The lowest BCUT2D eigenvalue weighted by Gasteiger charge is -2.16. The van der Waals surface area contributed by atoms with Gasteiger partial charge in [-0.1, -0.05) is 146 Å². The maximum absolute atomic E-state index is 5.22. The highest BCUT2D eigenvalue weighted by molar-refractivity contribution is 6.21. The summed E-state index contributed by atoms with van der Waals surface area (Å²) in [4.78, 5) is 20.0. The third-order valence-electron chi connectivity index (χ3n) is 9.99. The molecule has 10 rings (SSSR count). The van der Waals surface area contributed by atoms with Gasteiger partial charge < -0.3 is 0 Å². The molecule has 0 saturated heterocycles. The van der Waals surface area contributed by atoms with Crippen molar-refractivity contribution in [1.29, 1.82) is 0 Å². The molecule has 242 valence electrons. The van der Waals surface area contributed by atoms with E-state index in [9.17, 15) is 0 Å². The zero-order chi connectivity index (χ0) is 34.4. The zero-order valence-electron chi connectivity index (χ0n) is 28.1. The van der Waals surface area contributed by atoms with Crippen LogP contribution in [0.3, 0.4) is 0 Å². The molecule has 0 fully saturated rings. The molecule has 0 unspecified atom stereocenters. The Morgan fingerprint density at radius 3 is 1.71 bits per heavy atom. The van der Waals surface area contributed by atoms with E-state index < -0.39 is 0 Å². The number of rotatable bonds is 5. The van der Waals surface area contributed by atoms with Gasteiger partial charge in [-0.3, -0.25) is 4.98 Å². The zero-order valence-corrected chi connectivity index (χ0v) is 28.1. The molecule has 0 aliphatic heterocycles. The lowest BCUT2D eigenvalue weighted by molar-refractivity contribution is 1.07. The number of hydrogen-bond donors (Lipinski definition) is 0. The van der Waals surface area contributed by atoms with Crippen LogP contribution in [0.5, 0.6) is 0 Å². The molecule has 8 aromatic carbocycles. The molecular weight excluding hydrogens is 633 g/mol. The Morgan fingerprint density at radius 2 is 0.904 bits per heavy atom. The number of nitrogens with zero attached hydrogens (tertiary/aromatic N) is 4. The smallest absolute Gasteiger partial charge is 0.164 e. The predicted octanol–water partition coefficient (Wildman–Crippen LogP) is 12.2. The highest BCUT2D eigenvalue weighted by Crippen LogP contribution is 2.41. The van der Waals surface area contributed by atoms with Gasteiger partial charge in [0.25, 0.3) is 0 Å². The number of hydrogen-bond acceptors (Lipinski definition) is 4. The van der Waals surface area contributed by atoms with Crippen molar-refractivity contribution in [2.75, 3.05) is 0 Å². The standard InChI is InChI=1S/C48H30N4/c1-3-11-31(12-4-1)34-19-20-36-28-37(22-21-35(36)27-34)47-50-46(33-14-5-2-6-15-33)51-48(52-47)42-18-10-9-17-39(42)44-29-43-38-16-8-7-13-32(38)23-24-40(43)45-30-49-26-25-41(44)45/h1-30H. The quantitative estimate of drug-likeness (QED) is 0.172. The van der Waals surface area contributed by atoms with E-state index >= 15 is 0 Å². The normalized spacial score (nSPS) is 11.5. The largest absolute Gasteiger partial charge is 0.264 e. The van der Waals surface area contributed by atoms with Crippen molar-refractivity contribution in [3.63, 3.8) is 0 Å². The van der Waals surface area contributed by atoms with Gasteiger partial charge in [0.05, 0.1) is 0 Å². The van der Waals surface area contributed by atoms with Crippen LogP contribution in [0.4, 0.5) is 0 Å². The summed E-state index contributed by atoms with van der Waals surface area (Å²) < 4.78 is 0. The topological polar surface area (TPSA) is 51.6 Å². The Morgan fingerprint density at radius 1 is 0.288 bits per heavy atom. The summed E-state index contributed by atoms with van der Waals surface area (Å²) in [6.45, 7) is 0. The molecule has 0 radical (unpaired) electrons. The van der Waals surface area contributed by atoms with Gasteiger partial charge in [-0.05, 0) is 84.2 Å². The molecule has 0 aliphatic carbocycles. The second kappa shape index (κ2) is 12.4. The Kier molecular flexibility index (Phi) is 7.10. The van der Waals surface area contributed by atoms with Crippen molar-refractivity contribution in [1.82, 2.24) is 19.9 Å². The molecule has 10 aromatic rings. The summed E-state index contributed by atoms with van der Waals surface area (Å²) >= 11 is 0. The number of pyridine rings is 1. The van der Waals surface area contributed by atoms with Crippen LogP contribution >= 0.6 is 0 Å². The van der Waals surface area contributed by atoms with Crippen molar-refractivity contribution in [2.24, 2.45) is 0 Å². The molecule has 0 atom stereocenters. The van der Waals surface area contributed by atoms with E-state index in [1.807, 2.05) is 36.7 Å². The van der Waals surface area contributed by atoms with Gasteiger partial charge in [-0.25, -0.2) is 15.0 Å². The molecule has 2 aromatic heterocycles. The number of benzene rings is 8. The van der Waals surface area contributed by atoms with Crippen molar-refractivity contribution in [3.05, 3.63) is 182 Å². The Hall–Kier alpha value is -7.04. The first kappa shape index (κ1) is 29.8. The average molecular weight is 663 g/mol. The fourth-order valence-electron chi connectivity index (χ4n) is 7.42. The van der Waals surface area contributed by atoms with E-state index in [-0.39, 0.29) is 0 Å². The van der Waals surface area contributed by atoms with Crippen LogP contribution < -0.4 is 0 Å².